The minimum absolute atomic E-state index is 0.0358. The largest absolute Gasteiger partial charge is 0.457 e. The lowest BCUT2D eigenvalue weighted by atomic mass is 9.73. The van der Waals surface area contributed by atoms with Crippen molar-refractivity contribution in [2.45, 2.75) is 202 Å². The van der Waals surface area contributed by atoms with Gasteiger partial charge in [-0.05, 0) is 85.3 Å². The molecule has 2 rings (SSSR count). The maximum absolute atomic E-state index is 14.9. The van der Waals surface area contributed by atoms with Crippen LogP contribution in [0.2, 0.25) is 54.4 Å². The van der Waals surface area contributed by atoms with Crippen LogP contribution in [0, 0.1) is 17.3 Å². The van der Waals surface area contributed by atoms with Gasteiger partial charge in [-0.2, -0.15) is 13.2 Å². The Hall–Kier alpha value is -1.69. The smallest absolute Gasteiger partial charge is 0.412 e. The van der Waals surface area contributed by atoms with Gasteiger partial charge in [0.15, 0.2) is 25.0 Å². The number of alkyl halides is 3. The fourth-order valence-corrected chi connectivity index (χ4v) is 13.0. The molecule has 2 heterocycles. The average molecular weight is 902 g/mol. The molecule has 0 saturated heterocycles. The van der Waals surface area contributed by atoms with Crippen molar-refractivity contribution in [2.75, 3.05) is 0 Å². The number of nitrogens with zero attached hydrogens (tertiary/aromatic N) is 1. The molecule has 59 heavy (non-hydrogen) atoms. The average Bonchev–Trinajstić information content (AvgIpc) is 3.56. The van der Waals surface area contributed by atoms with Gasteiger partial charge < -0.3 is 18.0 Å². The van der Waals surface area contributed by atoms with Crippen molar-refractivity contribution in [3.05, 3.63) is 45.5 Å². The highest BCUT2D eigenvalue weighted by Gasteiger charge is 2.49. The summed E-state index contributed by atoms with van der Waals surface area (Å²) in [6.45, 7) is 37.4. The minimum Gasteiger partial charge on any atom is -0.457 e. The van der Waals surface area contributed by atoms with Crippen molar-refractivity contribution in [1.82, 2.24) is 4.98 Å². The van der Waals surface area contributed by atoms with E-state index in [1.165, 1.54) is 17.4 Å². The van der Waals surface area contributed by atoms with Crippen LogP contribution in [0.5, 0.6) is 0 Å². The molecular weight excluding hydrogens is 824 g/mol. The summed E-state index contributed by atoms with van der Waals surface area (Å²) >= 11 is 1.45. The van der Waals surface area contributed by atoms with Crippen LogP contribution in [0.1, 0.15) is 127 Å². The first-order valence-corrected chi connectivity index (χ1v) is 30.8. The molecule has 0 saturated carbocycles. The zero-order chi connectivity index (χ0) is 45.6. The van der Waals surface area contributed by atoms with E-state index in [9.17, 15) is 22.8 Å². The standard InChI is InChI=1S/C45H78F3NO6SSi3/c1-19-59(20-2,21-3)54-37-28-39(50)53-36(32(5)27-35-30-56-38(49-35)29-52-57(15,16)42(7,8)9)26-25-34(45(46,47)48)24-22-23-31(4)40(33(6)41(51)44(37,13)14)55-58(17,18)43(10,11)12/h22-23,25,27,30-31,33,36-37,40H,19-21,24,26,28-29H2,1-18H3/b23-22+,32-27+,34-25+/t31-,33+,36?,37-,40-/m0/s1. The third kappa shape index (κ3) is 14.4. The minimum atomic E-state index is -4.61. The number of rotatable bonds is 12. The maximum atomic E-state index is 14.9. The number of ether oxygens (including phenoxy) is 1. The second-order valence-corrected chi connectivity index (χ2v) is 35.5. The molecule has 7 nitrogen and oxygen atoms in total. The van der Waals surface area contributed by atoms with E-state index in [1.54, 1.807) is 19.1 Å². The molecule has 1 aromatic rings. The number of allylic oxidation sites excluding steroid dienone is 2. The van der Waals surface area contributed by atoms with E-state index in [4.69, 9.17) is 23.0 Å². The number of thiazole rings is 1. The van der Waals surface area contributed by atoms with Crippen LogP contribution in [0.15, 0.2) is 34.8 Å². The molecule has 0 fully saturated rings. The summed E-state index contributed by atoms with van der Waals surface area (Å²) in [6, 6.07) is 2.41. The number of halogens is 3. The third-order valence-corrected chi connectivity index (χ3v) is 28.0. The van der Waals surface area contributed by atoms with Crippen LogP contribution in [0.25, 0.3) is 6.08 Å². The zero-order valence-electron chi connectivity index (χ0n) is 39.7. The van der Waals surface area contributed by atoms with Crippen LogP contribution in [0.4, 0.5) is 13.2 Å². The second kappa shape index (κ2) is 20.7. The molecular formula is C45H78F3NO6SSi3. The Morgan fingerprint density at radius 1 is 0.949 bits per heavy atom. The van der Waals surface area contributed by atoms with Crippen LogP contribution < -0.4 is 0 Å². The van der Waals surface area contributed by atoms with Gasteiger partial charge in [0.2, 0.25) is 0 Å². The summed E-state index contributed by atoms with van der Waals surface area (Å²) in [7, 11) is -6.87. The van der Waals surface area contributed by atoms with Gasteiger partial charge in [0.05, 0.1) is 30.9 Å². The highest BCUT2D eigenvalue weighted by molar-refractivity contribution is 7.09. The summed E-state index contributed by atoms with van der Waals surface area (Å²) in [6.07, 6.45) is -1.67. The molecule has 338 valence electrons. The Labute approximate surface area is 362 Å². The molecule has 0 amide bonds. The second-order valence-electron chi connectivity index (χ2n) is 20.3. The molecule has 1 aromatic heterocycles. The van der Waals surface area contributed by atoms with E-state index < -0.39 is 72.3 Å². The lowest BCUT2D eigenvalue weighted by molar-refractivity contribution is -0.153. The zero-order valence-corrected chi connectivity index (χ0v) is 43.5. The van der Waals surface area contributed by atoms with E-state index in [1.807, 2.05) is 33.1 Å². The Kier molecular flexibility index (Phi) is 18.7. The van der Waals surface area contributed by atoms with E-state index in [0.717, 1.165) is 29.2 Å². The van der Waals surface area contributed by atoms with Crippen LogP contribution in [0.3, 0.4) is 0 Å². The topological polar surface area (TPSA) is 84.0 Å². The molecule has 1 unspecified atom stereocenters. The number of carbonyl (C=O) groups excluding carboxylic acids is 2. The molecule has 0 aromatic carbocycles. The summed E-state index contributed by atoms with van der Waals surface area (Å²) in [5, 5.41) is 2.52. The monoisotopic (exact) mass is 901 g/mol. The Bertz CT molecular complexity index is 1640. The lowest BCUT2D eigenvalue weighted by Gasteiger charge is -2.45. The van der Waals surface area contributed by atoms with E-state index in [2.05, 4.69) is 88.5 Å². The van der Waals surface area contributed by atoms with E-state index in [-0.39, 0.29) is 41.0 Å². The van der Waals surface area contributed by atoms with Gasteiger partial charge in [0.25, 0.3) is 0 Å². The summed E-state index contributed by atoms with van der Waals surface area (Å²) in [4.78, 5) is 33.9. The van der Waals surface area contributed by atoms with Gasteiger partial charge in [0.1, 0.15) is 16.9 Å². The highest BCUT2D eigenvalue weighted by Crippen LogP contribution is 2.43. The molecule has 0 bridgehead atoms. The van der Waals surface area contributed by atoms with Gasteiger partial charge in [-0.25, -0.2) is 4.98 Å². The number of ketones is 1. The van der Waals surface area contributed by atoms with Gasteiger partial charge >= 0.3 is 12.1 Å². The molecule has 14 heteroatoms. The summed E-state index contributed by atoms with van der Waals surface area (Å²) < 4.78 is 70.5. The Morgan fingerprint density at radius 2 is 1.51 bits per heavy atom. The van der Waals surface area contributed by atoms with E-state index >= 15 is 0 Å². The van der Waals surface area contributed by atoms with Gasteiger partial charge in [-0.3, -0.25) is 9.59 Å². The van der Waals surface area contributed by atoms with Crippen molar-refractivity contribution >= 4 is 54.1 Å². The normalized spacial score (nSPS) is 25.7. The van der Waals surface area contributed by atoms with Crippen LogP contribution in [-0.2, 0) is 34.2 Å². The molecule has 5 atom stereocenters. The number of hydrogen-bond acceptors (Lipinski definition) is 8. The fraction of sp³-hybridized carbons (Fsp3) is 0.756. The van der Waals surface area contributed by atoms with Crippen molar-refractivity contribution < 1.29 is 40.8 Å². The maximum Gasteiger partial charge on any atom is 0.412 e. The number of hydrogen-bond donors (Lipinski definition) is 0. The van der Waals surface area contributed by atoms with Crippen LogP contribution in [-0.4, -0.2) is 66.2 Å². The van der Waals surface area contributed by atoms with Gasteiger partial charge in [0, 0.05) is 28.7 Å². The summed E-state index contributed by atoms with van der Waals surface area (Å²) in [5.41, 5.74) is -0.699. The molecule has 1 aliphatic rings. The first kappa shape index (κ1) is 53.4. The molecule has 0 aliphatic carbocycles. The Morgan fingerprint density at radius 3 is 2.02 bits per heavy atom. The van der Waals surface area contributed by atoms with Crippen molar-refractivity contribution in [3.63, 3.8) is 0 Å². The highest BCUT2D eigenvalue weighted by atomic mass is 32.1. The molecule has 0 N–H and O–H groups in total. The van der Waals surface area contributed by atoms with Crippen LogP contribution >= 0.6 is 11.3 Å². The number of aromatic nitrogens is 1. The fourth-order valence-electron chi connectivity index (χ4n) is 6.83. The molecule has 0 radical (unpaired) electrons. The molecule has 0 spiro atoms. The first-order chi connectivity index (χ1) is 26.8. The number of carbonyl (C=O) groups is 2. The number of Topliss-reactive ketones (excluding diaryl/α,β-unsaturated/α-hetero) is 1. The van der Waals surface area contributed by atoms with Crippen molar-refractivity contribution in [1.29, 1.82) is 0 Å². The molecule has 1 aliphatic heterocycles. The van der Waals surface area contributed by atoms with Gasteiger partial charge in [-0.1, -0.05) is 108 Å². The first-order valence-electron chi connectivity index (χ1n) is 21.6. The van der Waals surface area contributed by atoms with Crippen molar-refractivity contribution in [2.24, 2.45) is 17.3 Å². The quantitative estimate of drug-likeness (QED) is 0.117. The lowest BCUT2D eigenvalue weighted by Crippen LogP contribution is -2.53. The van der Waals surface area contributed by atoms with Crippen molar-refractivity contribution in [3.8, 4) is 0 Å². The predicted octanol–water partition coefficient (Wildman–Crippen LogP) is 13.9. The predicted molar refractivity (Wildman–Crippen MR) is 246 cm³/mol. The third-order valence-electron chi connectivity index (χ3n) is 13.6. The van der Waals surface area contributed by atoms with Gasteiger partial charge in [-0.15, -0.1) is 11.3 Å². The Balaban J connectivity index is 2.76. The SMILES string of the molecule is CC[Si](CC)(CC)O[C@H]1CC(=O)OC(/C(C)=C/c2csc(CO[Si](C)(C)C(C)(C)C)n2)C/C=C(/C(F)(F)F)C/C=C/[C@H](C)[C@H](O[Si](C)(C)C(C)(C)C)[C@@H](C)C(=O)C1(C)C. The van der Waals surface area contributed by atoms with E-state index in [0.29, 0.717) is 17.9 Å². The number of esters is 1. The number of cyclic esters (lactones) is 1. The summed E-state index contributed by atoms with van der Waals surface area (Å²) in [5.74, 6) is -1.78.